The summed E-state index contributed by atoms with van der Waals surface area (Å²) in [6, 6.07) is 23.0. The number of ether oxygens (including phenoxy) is 2. The molecule has 5 rings (SSSR count). The number of para-hydroxylation sites is 1. The standard InChI is InChI=1S/C27H25NO4/c1-31-25(29)20-8-7-19-13-14-27(18-21(19)17-20)15-16-28(26(27)30)22-9-11-24(12-10-22)32-23-5-3-2-4-6-23/h2-12,17H,13-16,18H2,1H3/t27-/m1/s1. The lowest BCUT2D eigenvalue weighted by Gasteiger charge is -2.33. The van der Waals surface area contributed by atoms with Gasteiger partial charge in [0.2, 0.25) is 5.91 Å². The highest BCUT2D eigenvalue weighted by atomic mass is 16.5. The Hall–Kier alpha value is -3.60. The fourth-order valence-electron chi connectivity index (χ4n) is 4.89. The van der Waals surface area contributed by atoms with Crippen LogP contribution in [0.25, 0.3) is 0 Å². The topological polar surface area (TPSA) is 55.8 Å². The second-order valence-electron chi connectivity index (χ2n) is 8.55. The van der Waals surface area contributed by atoms with Crippen LogP contribution in [0.15, 0.2) is 72.8 Å². The van der Waals surface area contributed by atoms with E-state index < -0.39 is 5.41 Å². The maximum absolute atomic E-state index is 13.5. The van der Waals surface area contributed by atoms with E-state index in [9.17, 15) is 9.59 Å². The molecular weight excluding hydrogens is 402 g/mol. The Bertz CT molecular complexity index is 1160. The van der Waals surface area contributed by atoms with E-state index in [-0.39, 0.29) is 11.9 Å². The number of nitrogens with zero attached hydrogens (tertiary/aromatic N) is 1. The average Bonchev–Trinajstić information content (AvgIpc) is 3.14. The lowest BCUT2D eigenvalue weighted by molar-refractivity contribution is -0.126. The van der Waals surface area contributed by atoms with Crippen molar-refractivity contribution in [3.63, 3.8) is 0 Å². The van der Waals surface area contributed by atoms with Crippen LogP contribution in [0.2, 0.25) is 0 Å². The Balaban J connectivity index is 1.33. The molecule has 0 N–H and O–H groups in total. The van der Waals surface area contributed by atoms with E-state index >= 15 is 0 Å². The lowest BCUT2D eigenvalue weighted by atomic mass is 9.70. The van der Waals surface area contributed by atoms with Gasteiger partial charge in [0.25, 0.3) is 0 Å². The number of anilines is 1. The third kappa shape index (κ3) is 3.64. The van der Waals surface area contributed by atoms with E-state index in [2.05, 4.69) is 0 Å². The van der Waals surface area contributed by atoms with E-state index in [1.54, 1.807) is 0 Å². The number of benzene rings is 3. The summed E-state index contributed by atoms with van der Waals surface area (Å²) in [6.45, 7) is 0.698. The van der Waals surface area contributed by atoms with Crippen LogP contribution in [0.5, 0.6) is 11.5 Å². The summed E-state index contributed by atoms with van der Waals surface area (Å²) in [6.07, 6.45) is 3.16. The molecule has 0 radical (unpaired) electrons. The van der Waals surface area contributed by atoms with Gasteiger partial charge in [-0.2, -0.15) is 0 Å². The van der Waals surface area contributed by atoms with E-state index in [4.69, 9.17) is 9.47 Å². The molecule has 3 aromatic rings. The molecule has 0 bridgehead atoms. The predicted molar refractivity (Wildman–Crippen MR) is 122 cm³/mol. The molecule has 3 aromatic carbocycles. The molecule has 0 aromatic heterocycles. The van der Waals surface area contributed by atoms with Gasteiger partial charge in [-0.1, -0.05) is 24.3 Å². The summed E-state index contributed by atoms with van der Waals surface area (Å²) in [5.74, 6) is 1.35. The van der Waals surface area contributed by atoms with Crippen molar-refractivity contribution in [2.75, 3.05) is 18.6 Å². The number of hydrogen-bond acceptors (Lipinski definition) is 4. The normalized spacial score (nSPS) is 19.7. The Morgan fingerprint density at radius 1 is 0.906 bits per heavy atom. The summed E-state index contributed by atoms with van der Waals surface area (Å²) in [5.41, 5.74) is 3.33. The Morgan fingerprint density at radius 3 is 2.41 bits per heavy atom. The van der Waals surface area contributed by atoms with Gasteiger partial charge < -0.3 is 14.4 Å². The summed E-state index contributed by atoms with van der Waals surface area (Å²) >= 11 is 0. The molecule has 32 heavy (non-hydrogen) atoms. The van der Waals surface area contributed by atoms with Gasteiger partial charge in [0, 0.05) is 12.2 Å². The Morgan fingerprint density at radius 2 is 1.66 bits per heavy atom. The average molecular weight is 428 g/mol. The van der Waals surface area contributed by atoms with Crippen LogP contribution in [0.3, 0.4) is 0 Å². The van der Waals surface area contributed by atoms with E-state index in [1.807, 2.05) is 77.7 Å². The Labute approximate surface area is 187 Å². The van der Waals surface area contributed by atoms with Gasteiger partial charge in [0.05, 0.1) is 18.1 Å². The molecule has 1 heterocycles. The van der Waals surface area contributed by atoms with E-state index in [0.29, 0.717) is 18.5 Å². The minimum Gasteiger partial charge on any atom is -0.465 e. The first kappa shape index (κ1) is 20.3. The molecule has 5 nitrogen and oxygen atoms in total. The molecule has 1 fully saturated rings. The first-order valence-electron chi connectivity index (χ1n) is 10.9. The summed E-state index contributed by atoms with van der Waals surface area (Å²) in [4.78, 5) is 27.4. The van der Waals surface area contributed by atoms with E-state index in [1.165, 1.54) is 12.7 Å². The minimum atomic E-state index is -0.402. The van der Waals surface area contributed by atoms with Crippen LogP contribution in [0.1, 0.15) is 34.3 Å². The molecule has 1 saturated heterocycles. The minimum absolute atomic E-state index is 0.170. The maximum Gasteiger partial charge on any atom is 0.337 e. The fourth-order valence-corrected chi connectivity index (χ4v) is 4.89. The van der Waals surface area contributed by atoms with Crippen LogP contribution in [0.4, 0.5) is 5.69 Å². The first-order valence-corrected chi connectivity index (χ1v) is 10.9. The molecular formula is C27H25NO4. The molecule has 1 amide bonds. The molecule has 5 heteroatoms. The molecule has 1 atom stereocenters. The third-order valence-corrected chi connectivity index (χ3v) is 6.67. The number of carbonyl (C=O) groups excluding carboxylic acids is 2. The summed E-state index contributed by atoms with van der Waals surface area (Å²) in [7, 11) is 1.39. The molecule has 0 unspecified atom stereocenters. The number of carbonyl (C=O) groups is 2. The zero-order chi connectivity index (χ0) is 22.1. The van der Waals surface area contributed by atoms with Gasteiger partial charge in [0.1, 0.15) is 11.5 Å². The van der Waals surface area contributed by atoms with Crippen molar-refractivity contribution in [3.8, 4) is 11.5 Å². The van der Waals surface area contributed by atoms with Crippen molar-refractivity contribution in [1.29, 1.82) is 0 Å². The van der Waals surface area contributed by atoms with Crippen molar-refractivity contribution < 1.29 is 19.1 Å². The van der Waals surface area contributed by atoms with Crippen LogP contribution >= 0.6 is 0 Å². The SMILES string of the molecule is COC(=O)c1ccc2c(c1)C[C@@]1(CC2)CCN(c2ccc(Oc3ccccc3)cc2)C1=O. The largest absolute Gasteiger partial charge is 0.465 e. The van der Waals surface area contributed by atoms with Crippen molar-refractivity contribution in [2.45, 2.75) is 25.7 Å². The van der Waals surface area contributed by atoms with Gasteiger partial charge in [-0.25, -0.2) is 4.79 Å². The van der Waals surface area contributed by atoms with Crippen molar-refractivity contribution in [3.05, 3.63) is 89.5 Å². The second kappa shape index (κ2) is 8.15. The number of fused-ring (bicyclic) bond motifs is 1. The van der Waals surface area contributed by atoms with Gasteiger partial charge in [-0.15, -0.1) is 0 Å². The van der Waals surface area contributed by atoms with Gasteiger partial charge >= 0.3 is 5.97 Å². The number of rotatable bonds is 4. The van der Waals surface area contributed by atoms with Crippen LogP contribution < -0.4 is 9.64 Å². The van der Waals surface area contributed by atoms with Gasteiger partial charge in [-0.05, 0) is 85.3 Å². The zero-order valence-electron chi connectivity index (χ0n) is 18.0. The molecule has 1 spiro atoms. The molecule has 2 aliphatic rings. The Kier molecular flexibility index (Phi) is 5.17. The summed E-state index contributed by atoms with van der Waals surface area (Å²) < 4.78 is 10.7. The van der Waals surface area contributed by atoms with Crippen molar-refractivity contribution in [2.24, 2.45) is 5.41 Å². The van der Waals surface area contributed by atoms with Crippen molar-refractivity contribution >= 4 is 17.6 Å². The lowest BCUT2D eigenvalue weighted by Crippen LogP contribution is -2.38. The highest BCUT2D eigenvalue weighted by Crippen LogP contribution is 2.45. The smallest absolute Gasteiger partial charge is 0.337 e. The monoisotopic (exact) mass is 427 g/mol. The first-order chi connectivity index (χ1) is 15.6. The molecule has 0 saturated carbocycles. The fraction of sp³-hybridized carbons (Fsp3) is 0.259. The van der Waals surface area contributed by atoms with Crippen LogP contribution in [-0.4, -0.2) is 25.5 Å². The highest BCUT2D eigenvalue weighted by Gasteiger charge is 2.48. The van der Waals surface area contributed by atoms with E-state index in [0.717, 1.165) is 42.0 Å². The number of methoxy groups -OCH3 is 1. The van der Waals surface area contributed by atoms with Crippen LogP contribution in [-0.2, 0) is 22.4 Å². The number of amides is 1. The third-order valence-electron chi connectivity index (χ3n) is 6.67. The van der Waals surface area contributed by atoms with Gasteiger partial charge in [-0.3, -0.25) is 4.79 Å². The quantitative estimate of drug-likeness (QED) is 0.539. The van der Waals surface area contributed by atoms with Crippen molar-refractivity contribution in [1.82, 2.24) is 0 Å². The summed E-state index contributed by atoms with van der Waals surface area (Å²) in [5, 5.41) is 0. The van der Waals surface area contributed by atoms with Gasteiger partial charge in [0.15, 0.2) is 0 Å². The molecule has 162 valence electrons. The number of aryl methyl sites for hydroxylation is 1. The maximum atomic E-state index is 13.5. The number of hydrogen-bond donors (Lipinski definition) is 0. The second-order valence-corrected chi connectivity index (χ2v) is 8.55. The zero-order valence-corrected chi connectivity index (χ0v) is 18.0. The van der Waals surface area contributed by atoms with Crippen LogP contribution in [0, 0.1) is 5.41 Å². The predicted octanol–water partition coefficient (Wildman–Crippen LogP) is 5.18. The highest BCUT2D eigenvalue weighted by molar-refractivity contribution is 6.00. The molecule has 1 aliphatic heterocycles. The molecule has 1 aliphatic carbocycles. The number of esters is 1.